The second kappa shape index (κ2) is 4.74. The molecule has 12 heavy (non-hydrogen) atoms. The average molecular weight is 219 g/mol. The normalized spacial score (nSPS) is 9.83. The van der Waals surface area contributed by atoms with Crippen LogP contribution in [0.25, 0.3) is 0 Å². The van der Waals surface area contributed by atoms with Crippen molar-refractivity contribution < 1.29 is 0 Å². The van der Waals surface area contributed by atoms with Crippen LogP contribution in [0.1, 0.15) is 16.9 Å². The van der Waals surface area contributed by atoms with Crippen LogP contribution in [0.3, 0.4) is 0 Å². The highest BCUT2D eigenvalue weighted by molar-refractivity contribution is 8.11. The smallest absolute Gasteiger partial charge is 0.136 e. The molecule has 66 valence electrons. The Kier molecular flexibility index (Phi) is 3.90. The van der Waals surface area contributed by atoms with Crippen molar-refractivity contribution in [2.24, 2.45) is 0 Å². The maximum atomic E-state index is 4.74. The largest absolute Gasteiger partial charge is 0.365 e. The van der Waals surface area contributed by atoms with Crippen molar-refractivity contribution in [2.45, 2.75) is 19.9 Å². The van der Waals surface area contributed by atoms with Crippen molar-refractivity contribution in [1.82, 2.24) is 15.5 Å². The minimum atomic E-state index is 0.489. The Morgan fingerprint density at radius 2 is 2.25 bits per heavy atom. The van der Waals surface area contributed by atoms with Gasteiger partial charge in [-0.25, -0.2) is 0 Å². The number of hydrogen-bond donors (Lipinski definition) is 2. The zero-order valence-corrected chi connectivity index (χ0v) is 9.10. The highest BCUT2D eigenvalue weighted by Crippen LogP contribution is 2.09. The van der Waals surface area contributed by atoms with Crippen molar-refractivity contribution in [1.29, 1.82) is 0 Å². The van der Waals surface area contributed by atoms with Crippen LogP contribution in [0.4, 0.5) is 0 Å². The van der Waals surface area contributed by atoms with E-state index in [1.165, 1.54) is 0 Å². The highest BCUT2D eigenvalue weighted by atomic mass is 32.1. The zero-order valence-electron chi connectivity index (χ0n) is 6.57. The number of thiol groups is 1. The first-order valence-electron chi connectivity index (χ1n) is 3.50. The van der Waals surface area contributed by atoms with Gasteiger partial charge in [0.1, 0.15) is 14.3 Å². The third-order valence-electron chi connectivity index (χ3n) is 1.20. The van der Waals surface area contributed by atoms with Gasteiger partial charge in [-0.15, -0.1) is 22.8 Å². The molecule has 1 N–H and O–H groups in total. The van der Waals surface area contributed by atoms with Gasteiger partial charge in [0.15, 0.2) is 0 Å². The van der Waals surface area contributed by atoms with E-state index in [-0.39, 0.29) is 0 Å². The first-order chi connectivity index (χ1) is 5.72. The quantitative estimate of drug-likeness (QED) is 0.595. The van der Waals surface area contributed by atoms with Gasteiger partial charge in [-0.3, -0.25) is 0 Å². The van der Waals surface area contributed by atoms with Gasteiger partial charge in [0.25, 0.3) is 0 Å². The molecule has 0 saturated carbocycles. The zero-order chi connectivity index (χ0) is 8.97. The molecule has 1 rings (SSSR count). The summed E-state index contributed by atoms with van der Waals surface area (Å²) in [5.41, 5.74) is 0. The van der Waals surface area contributed by atoms with E-state index in [4.69, 9.17) is 12.2 Å². The summed E-state index contributed by atoms with van der Waals surface area (Å²) in [6.45, 7) is 2.68. The predicted molar refractivity (Wildman–Crippen MR) is 57.7 cm³/mol. The molecule has 0 amide bonds. The molecular formula is C6H9N3S3. The third kappa shape index (κ3) is 3.04. The van der Waals surface area contributed by atoms with Crippen molar-refractivity contribution >= 4 is 40.5 Å². The van der Waals surface area contributed by atoms with Crippen LogP contribution < -0.4 is 5.32 Å². The lowest BCUT2D eigenvalue weighted by molar-refractivity contribution is 0.873. The minimum Gasteiger partial charge on any atom is -0.365 e. The Labute approximate surface area is 86.0 Å². The van der Waals surface area contributed by atoms with Crippen LogP contribution in [0.5, 0.6) is 0 Å². The molecule has 3 nitrogen and oxygen atoms in total. The van der Waals surface area contributed by atoms with E-state index >= 15 is 0 Å². The lowest BCUT2D eigenvalue weighted by atomic mass is 10.5. The molecule has 1 aromatic rings. The number of aromatic nitrogens is 2. The summed E-state index contributed by atoms with van der Waals surface area (Å²) in [6, 6.07) is 0. The SMILES string of the molecule is CCc1nnc(CNC(=S)S)s1. The second-order valence-electron chi connectivity index (χ2n) is 2.10. The second-order valence-corrected chi connectivity index (χ2v) is 4.41. The number of aryl methyl sites for hydroxylation is 1. The number of rotatable bonds is 3. The Morgan fingerprint density at radius 3 is 2.75 bits per heavy atom. The number of nitrogens with one attached hydrogen (secondary N) is 1. The molecule has 0 aliphatic rings. The van der Waals surface area contributed by atoms with Crippen LogP contribution in [-0.2, 0) is 13.0 Å². The first kappa shape index (κ1) is 9.88. The summed E-state index contributed by atoms with van der Waals surface area (Å²) in [5, 5.41) is 12.8. The predicted octanol–water partition coefficient (Wildman–Crippen LogP) is 1.40. The summed E-state index contributed by atoms with van der Waals surface area (Å²) < 4.78 is 0.489. The van der Waals surface area contributed by atoms with Crippen LogP contribution in [0.2, 0.25) is 0 Å². The van der Waals surface area contributed by atoms with Crippen molar-refractivity contribution in [3.63, 3.8) is 0 Å². The molecule has 0 bridgehead atoms. The summed E-state index contributed by atoms with van der Waals surface area (Å²) in [5.74, 6) is 0. The lowest BCUT2D eigenvalue weighted by Gasteiger charge is -1.96. The van der Waals surface area contributed by atoms with Gasteiger partial charge in [-0.05, 0) is 6.42 Å². The van der Waals surface area contributed by atoms with E-state index in [1.807, 2.05) is 0 Å². The fraction of sp³-hybridized carbons (Fsp3) is 0.500. The number of thiocarbonyl (C=S) groups is 1. The standard InChI is InChI=1S/C6H9N3S3/c1-2-4-8-9-5(12-4)3-7-6(10)11/h2-3H2,1H3,(H2,7,10,11). The molecule has 0 spiro atoms. The molecule has 0 radical (unpaired) electrons. The van der Waals surface area contributed by atoms with E-state index in [2.05, 4.69) is 35.1 Å². The van der Waals surface area contributed by atoms with Gasteiger partial charge in [-0.2, -0.15) is 0 Å². The fourth-order valence-electron chi connectivity index (χ4n) is 0.654. The molecule has 0 aliphatic carbocycles. The van der Waals surface area contributed by atoms with Gasteiger partial charge >= 0.3 is 0 Å². The van der Waals surface area contributed by atoms with Crippen LogP contribution in [0.15, 0.2) is 0 Å². The van der Waals surface area contributed by atoms with E-state index in [0.717, 1.165) is 16.4 Å². The highest BCUT2D eigenvalue weighted by Gasteiger charge is 2.01. The fourth-order valence-corrected chi connectivity index (χ4v) is 1.53. The van der Waals surface area contributed by atoms with Crippen molar-refractivity contribution in [3.05, 3.63) is 10.0 Å². The number of hydrogen-bond acceptors (Lipinski definition) is 4. The summed E-state index contributed by atoms with van der Waals surface area (Å²) in [4.78, 5) is 0. The molecule has 0 unspecified atom stereocenters. The van der Waals surface area contributed by atoms with Crippen LogP contribution in [0, 0.1) is 0 Å². The molecular weight excluding hydrogens is 210 g/mol. The van der Waals surface area contributed by atoms with Gasteiger partial charge < -0.3 is 5.32 Å². The molecule has 0 aliphatic heterocycles. The van der Waals surface area contributed by atoms with Gasteiger partial charge in [0.2, 0.25) is 0 Å². The molecule has 0 saturated heterocycles. The Morgan fingerprint density at radius 1 is 1.58 bits per heavy atom. The minimum absolute atomic E-state index is 0.489. The van der Waals surface area contributed by atoms with Crippen LogP contribution >= 0.6 is 36.2 Å². The first-order valence-corrected chi connectivity index (χ1v) is 5.17. The monoisotopic (exact) mass is 219 g/mol. The summed E-state index contributed by atoms with van der Waals surface area (Å²) >= 11 is 10.3. The van der Waals surface area contributed by atoms with Crippen LogP contribution in [-0.4, -0.2) is 14.5 Å². The molecule has 6 heteroatoms. The lowest BCUT2D eigenvalue weighted by Crippen LogP contribution is -2.14. The third-order valence-corrected chi connectivity index (χ3v) is 2.57. The van der Waals surface area contributed by atoms with Gasteiger partial charge in [0.05, 0.1) is 6.54 Å². The molecule has 1 heterocycles. The maximum Gasteiger partial charge on any atom is 0.136 e. The van der Waals surface area contributed by atoms with Gasteiger partial charge in [-0.1, -0.05) is 30.5 Å². The molecule has 0 fully saturated rings. The van der Waals surface area contributed by atoms with E-state index in [1.54, 1.807) is 11.3 Å². The average Bonchev–Trinajstić information content (AvgIpc) is 2.48. The molecule has 1 aromatic heterocycles. The van der Waals surface area contributed by atoms with Crippen molar-refractivity contribution in [3.8, 4) is 0 Å². The summed E-state index contributed by atoms with van der Waals surface area (Å²) in [7, 11) is 0. The topological polar surface area (TPSA) is 37.8 Å². The van der Waals surface area contributed by atoms with E-state index in [9.17, 15) is 0 Å². The molecule has 0 aromatic carbocycles. The maximum absolute atomic E-state index is 4.74. The van der Waals surface area contributed by atoms with Gasteiger partial charge in [0, 0.05) is 0 Å². The Hall–Kier alpha value is -0.200. The Balaban J connectivity index is 2.47. The summed E-state index contributed by atoms with van der Waals surface area (Å²) in [6.07, 6.45) is 0.934. The van der Waals surface area contributed by atoms with E-state index < -0.39 is 0 Å². The Bertz CT molecular complexity index is 271. The van der Waals surface area contributed by atoms with E-state index in [0.29, 0.717) is 10.9 Å². The number of nitrogens with zero attached hydrogens (tertiary/aromatic N) is 2. The molecule has 0 atom stereocenters. The van der Waals surface area contributed by atoms with Crippen molar-refractivity contribution in [2.75, 3.05) is 0 Å².